The number of carbonyl (C=O) groups is 4. The Bertz CT molecular complexity index is 366. The maximum absolute atomic E-state index is 10.7. The van der Waals surface area contributed by atoms with Crippen LogP contribution in [0.25, 0.3) is 0 Å². The van der Waals surface area contributed by atoms with Crippen LogP contribution in [-0.2, 0) is 19.2 Å². The highest BCUT2D eigenvalue weighted by molar-refractivity contribution is 5.86. The van der Waals surface area contributed by atoms with Crippen molar-refractivity contribution in [3.05, 3.63) is 0 Å². The molecular formula is C8H11NO9. The zero-order valence-corrected chi connectivity index (χ0v) is 8.81. The summed E-state index contributed by atoms with van der Waals surface area (Å²) in [5.41, 5.74) is 0. The molecule has 102 valence electrons. The molecule has 0 bridgehead atoms. The zero-order chi connectivity index (χ0) is 14.5. The normalized spacial score (nSPS) is 15.4. The molecule has 18 heavy (non-hydrogen) atoms. The van der Waals surface area contributed by atoms with Gasteiger partial charge in [0.25, 0.3) is 0 Å². The second-order valence-corrected chi connectivity index (χ2v) is 3.25. The van der Waals surface area contributed by atoms with E-state index in [1.165, 1.54) is 0 Å². The summed E-state index contributed by atoms with van der Waals surface area (Å²) >= 11 is 0. The fourth-order valence-electron chi connectivity index (χ4n) is 1.05. The minimum atomic E-state index is -2.40. The first-order chi connectivity index (χ1) is 8.16. The lowest BCUT2D eigenvalue weighted by atomic mass is 10.1. The molecule has 0 spiro atoms. The molecule has 10 heteroatoms. The molecule has 0 aromatic heterocycles. The number of carboxylic acid groups (broad SMARTS) is 4. The van der Waals surface area contributed by atoms with Crippen molar-refractivity contribution in [1.29, 1.82) is 0 Å². The quantitative estimate of drug-likeness (QED) is 0.272. The van der Waals surface area contributed by atoms with Crippen LogP contribution in [0.15, 0.2) is 0 Å². The van der Waals surface area contributed by atoms with Gasteiger partial charge in [-0.05, 0) is 0 Å². The third-order valence-electron chi connectivity index (χ3n) is 1.89. The first-order valence-electron chi connectivity index (χ1n) is 4.51. The van der Waals surface area contributed by atoms with Crippen molar-refractivity contribution in [2.45, 2.75) is 24.6 Å². The van der Waals surface area contributed by atoms with Crippen LogP contribution in [0.5, 0.6) is 0 Å². The molecule has 0 saturated heterocycles. The summed E-state index contributed by atoms with van der Waals surface area (Å²) in [7, 11) is 0. The number of carboxylic acids is 4. The van der Waals surface area contributed by atoms with E-state index in [1.807, 2.05) is 0 Å². The SMILES string of the molecule is O=C(O)CC(N[C@H](C(=O)O)C(O)C(=O)O)C(=O)O. The van der Waals surface area contributed by atoms with Gasteiger partial charge in [0.05, 0.1) is 6.42 Å². The van der Waals surface area contributed by atoms with Gasteiger partial charge in [0.1, 0.15) is 12.1 Å². The van der Waals surface area contributed by atoms with Crippen molar-refractivity contribution in [2.24, 2.45) is 0 Å². The molecule has 2 unspecified atom stereocenters. The molecule has 0 aliphatic carbocycles. The molecule has 0 heterocycles. The first-order valence-corrected chi connectivity index (χ1v) is 4.51. The summed E-state index contributed by atoms with van der Waals surface area (Å²) in [6, 6.07) is -3.97. The zero-order valence-electron chi connectivity index (χ0n) is 8.81. The minimum absolute atomic E-state index is 0.967. The van der Waals surface area contributed by atoms with E-state index in [0.717, 1.165) is 0 Å². The molecule has 3 atom stereocenters. The Balaban J connectivity index is 4.93. The number of hydrogen-bond acceptors (Lipinski definition) is 6. The van der Waals surface area contributed by atoms with Crippen molar-refractivity contribution in [3.63, 3.8) is 0 Å². The van der Waals surface area contributed by atoms with Gasteiger partial charge in [-0.1, -0.05) is 0 Å². The molecule has 0 aliphatic heterocycles. The lowest BCUT2D eigenvalue weighted by molar-refractivity contribution is -0.158. The maximum atomic E-state index is 10.7. The molecule has 0 saturated carbocycles. The van der Waals surface area contributed by atoms with Crippen LogP contribution in [0.3, 0.4) is 0 Å². The van der Waals surface area contributed by atoms with Gasteiger partial charge in [-0.3, -0.25) is 19.7 Å². The van der Waals surface area contributed by atoms with Gasteiger partial charge in [-0.25, -0.2) is 4.79 Å². The van der Waals surface area contributed by atoms with Gasteiger partial charge in [-0.15, -0.1) is 0 Å². The molecule has 6 N–H and O–H groups in total. The lowest BCUT2D eigenvalue weighted by Gasteiger charge is -2.21. The van der Waals surface area contributed by atoms with Gasteiger partial charge in [0.15, 0.2) is 6.10 Å². The van der Waals surface area contributed by atoms with Crippen LogP contribution in [0, 0.1) is 0 Å². The fraction of sp³-hybridized carbons (Fsp3) is 0.500. The van der Waals surface area contributed by atoms with E-state index < -0.39 is 48.5 Å². The summed E-state index contributed by atoms with van der Waals surface area (Å²) in [6.45, 7) is 0. The predicted molar refractivity (Wildman–Crippen MR) is 51.9 cm³/mol. The van der Waals surface area contributed by atoms with Crippen molar-refractivity contribution >= 4 is 23.9 Å². The average molecular weight is 265 g/mol. The van der Waals surface area contributed by atoms with E-state index in [0.29, 0.717) is 0 Å². The number of nitrogens with one attached hydrogen (secondary N) is 1. The van der Waals surface area contributed by atoms with E-state index >= 15 is 0 Å². The molecule has 0 aromatic carbocycles. The van der Waals surface area contributed by atoms with Crippen LogP contribution in [0.4, 0.5) is 0 Å². The van der Waals surface area contributed by atoms with E-state index in [9.17, 15) is 19.2 Å². The van der Waals surface area contributed by atoms with E-state index in [2.05, 4.69) is 0 Å². The van der Waals surface area contributed by atoms with Crippen LogP contribution < -0.4 is 5.32 Å². The predicted octanol–water partition coefficient (Wildman–Crippen LogP) is -2.60. The number of hydrogen-bond donors (Lipinski definition) is 6. The van der Waals surface area contributed by atoms with Crippen molar-refractivity contribution in [2.75, 3.05) is 0 Å². The largest absolute Gasteiger partial charge is 0.481 e. The number of rotatable bonds is 8. The summed E-state index contributed by atoms with van der Waals surface area (Å²) in [5.74, 6) is -6.90. The number of aliphatic hydroxyl groups is 1. The summed E-state index contributed by atoms with van der Waals surface area (Å²) < 4.78 is 0. The lowest BCUT2D eigenvalue weighted by Crippen LogP contribution is -2.55. The monoisotopic (exact) mass is 265 g/mol. The highest BCUT2D eigenvalue weighted by Gasteiger charge is 2.36. The Morgan fingerprint density at radius 1 is 0.889 bits per heavy atom. The average Bonchev–Trinajstić information content (AvgIpc) is 2.21. The molecular weight excluding hydrogens is 254 g/mol. The highest BCUT2D eigenvalue weighted by atomic mass is 16.4. The first kappa shape index (κ1) is 15.8. The van der Waals surface area contributed by atoms with Crippen molar-refractivity contribution < 1.29 is 44.7 Å². The Morgan fingerprint density at radius 3 is 1.67 bits per heavy atom. The standard InChI is InChI=1S/C8H11NO9/c10-3(11)1-2(6(13)14)9-4(7(15)16)5(12)8(17)18/h2,4-5,9,12H,1H2,(H,10,11)(H,13,14)(H,15,16)(H,17,18)/t2?,4-,5?/m0/s1. The molecule has 0 fully saturated rings. The fourth-order valence-corrected chi connectivity index (χ4v) is 1.05. The van der Waals surface area contributed by atoms with Gasteiger partial charge in [-0.2, -0.15) is 0 Å². The van der Waals surface area contributed by atoms with Crippen molar-refractivity contribution in [1.82, 2.24) is 5.32 Å². The van der Waals surface area contributed by atoms with Crippen LogP contribution in [0.1, 0.15) is 6.42 Å². The van der Waals surface area contributed by atoms with Gasteiger partial charge in [0.2, 0.25) is 0 Å². The van der Waals surface area contributed by atoms with Crippen LogP contribution >= 0.6 is 0 Å². The van der Waals surface area contributed by atoms with Crippen LogP contribution in [0.2, 0.25) is 0 Å². The third-order valence-corrected chi connectivity index (χ3v) is 1.89. The minimum Gasteiger partial charge on any atom is -0.481 e. The van der Waals surface area contributed by atoms with E-state index in [-0.39, 0.29) is 0 Å². The van der Waals surface area contributed by atoms with Gasteiger partial charge < -0.3 is 25.5 Å². The van der Waals surface area contributed by atoms with E-state index in [4.69, 9.17) is 25.5 Å². The third kappa shape index (κ3) is 4.76. The summed E-state index contributed by atoms with van der Waals surface area (Å²) in [5, 5.41) is 44.9. The Morgan fingerprint density at radius 2 is 1.39 bits per heavy atom. The Labute approximate surface area is 99.5 Å². The molecule has 0 radical (unpaired) electrons. The molecule has 0 aliphatic rings. The molecule has 0 rings (SSSR count). The summed E-state index contributed by atoms with van der Waals surface area (Å²) in [4.78, 5) is 42.0. The van der Waals surface area contributed by atoms with Gasteiger partial charge in [0, 0.05) is 0 Å². The van der Waals surface area contributed by atoms with Crippen molar-refractivity contribution in [3.8, 4) is 0 Å². The van der Waals surface area contributed by atoms with E-state index in [1.54, 1.807) is 5.32 Å². The molecule has 10 nitrogen and oxygen atoms in total. The number of aliphatic hydroxyl groups excluding tert-OH is 1. The maximum Gasteiger partial charge on any atom is 0.334 e. The second-order valence-electron chi connectivity index (χ2n) is 3.25. The molecule has 0 amide bonds. The topological polar surface area (TPSA) is 181 Å². The van der Waals surface area contributed by atoms with Gasteiger partial charge >= 0.3 is 23.9 Å². The Hall–Kier alpha value is -2.20. The summed E-state index contributed by atoms with van der Waals surface area (Å²) in [6.07, 6.45) is -3.37. The highest BCUT2D eigenvalue weighted by Crippen LogP contribution is 2.01. The molecule has 0 aromatic rings. The van der Waals surface area contributed by atoms with Crippen LogP contribution in [-0.4, -0.2) is 67.6 Å². The Kier molecular flexibility index (Phi) is 5.72. The smallest absolute Gasteiger partial charge is 0.334 e. The number of aliphatic carboxylic acids is 4. The second kappa shape index (κ2) is 6.51.